The van der Waals surface area contributed by atoms with Gasteiger partial charge in [0.05, 0.1) is 12.5 Å². The number of amides is 1. The summed E-state index contributed by atoms with van der Waals surface area (Å²) in [6, 6.07) is 12.0. The second-order valence-corrected chi connectivity index (χ2v) is 4.72. The Morgan fingerprint density at radius 1 is 1.19 bits per heavy atom. The first kappa shape index (κ1) is 15.0. The summed E-state index contributed by atoms with van der Waals surface area (Å²) in [5.41, 5.74) is 1.20. The fraction of sp³-hybridized carbons (Fsp3) is 0.188. The second-order valence-electron chi connectivity index (χ2n) is 4.72. The molecule has 0 saturated heterocycles. The molecule has 2 aromatic rings. The molecule has 0 saturated carbocycles. The van der Waals surface area contributed by atoms with Crippen LogP contribution in [-0.4, -0.2) is 16.1 Å². The topological polar surface area (TPSA) is 69.6 Å². The Bertz CT molecular complexity index is 613. The normalized spacial score (nSPS) is 11.9. The molecule has 3 N–H and O–H groups in total. The van der Waals surface area contributed by atoms with Crippen LogP contribution in [0.1, 0.15) is 23.7 Å². The minimum absolute atomic E-state index is 0.137. The summed E-state index contributed by atoms with van der Waals surface area (Å²) in [5.74, 6) is -0.623. The monoisotopic (exact) mass is 289 g/mol. The van der Waals surface area contributed by atoms with Crippen LogP contribution in [0.15, 0.2) is 48.5 Å². The molecule has 0 aliphatic carbocycles. The van der Waals surface area contributed by atoms with Crippen LogP contribution in [0.5, 0.6) is 5.75 Å². The Hall–Kier alpha value is -2.40. The Morgan fingerprint density at radius 2 is 1.90 bits per heavy atom. The first-order valence-corrected chi connectivity index (χ1v) is 6.53. The first-order chi connectivity index (χ1) is 10.0. The third kappa shape index (κ3) is 4.57. The lowest BCUT2D eigenvalue weighted by Gasteiger charge is -2.11. The van der Waals surface area contributed by atoms with E-state index in [2.05, 4.69) is 5.32 Å². The van der Waals surface area contributed by atoms with Crippen LogP contribution < -0.4 is 5.32 Å². The van der Waals surface area contributed by atoms with Crippen molar-refractivity contribution in [2.45, 2.75) is 19.1 Å². The van der Waals surface area contributed by atoms with E-state index in [1.807, 2.05) is 0 Å². The van der Waals surface area contributed by atoms with Crippen LogP contribution in [0.4, 0.5) is 4.39 Å². The van der Waals surface area contributed by atoms with Crippen molar-refractivity contribution in [1.29, 1.82) is 0 Å². The maximum Gasteiger partial charge on any atom is 0.223 e. The molecule has 1 unspecified atom stereocenters. The fourth-order valence-electron chi connectivity index (χ4n) is 1.89. The van der Waals surface area contributed by atoms with Gasteiger partial charge in [-0.3, -0.25) is 4.79 Å². The molecule has 2 aromatic carbocycles. The van der Waals surface area contributed by atoms with E-state index in [4.69, 9.17) is 5.11 Å². The molecule has 0 aromatic heterocycles. The van der Waals surface area contributed by atoms with Gasteiger partial charge in [-0.2, -0.15) is 0 Å². The molecular formula is C16H16FNO3. The van der Waals surface area contributed by atoms with E-state index in [1.54, 1.807) is 18.2 Å². The lowest BCUT2D eigenvalue weighted by molar-refractivity contribution is -0.123. The molecule has 2 rings (SSSR count). The Kier molecular flexibility index (Phi) is 4.90. The molecule has 1 amide bonds. The number of halogens is 1. The van der Waals surface area contributed by atoms with Crippen LogP contribution in [0, 0.1) is 5.82 Å². The van der Waals surface area contributed by atoms with Gasteiger partial charge in [-0.05, 0) is 35.4 Å². The molecule has 0 fully saturated rings. The number of phenols is 1. The average Bonchev–Trinajstić information content (AvgIpc) is 2.46. The zero-order chi connectivity index (χ0) is 15.2. The largest absolute Gasteiger partial charge is 0.508 e. The van der Waals surface area contributed by atoms with Crippen molar-refractivity contribution in [2.75, 3.05) is 0 Å². The van der Waals surface area contributed by atoms with Gasteiger partial charge in [0.2, 0.25) is 5.91 Å². The molecule has 0 radical (unpaired) electrons. The zero-order valence-corrected chi connectivity index (χ0v) is 11.3. The predicted octanol–water partition coefficient (Wildman–Crippen LogP) is 2.27. The van der Waals surface area contributed by atoms with Gasteiger partial charge in [-0.25, -0.2) is 4.39 Å². The molecule has 0 heterocycles. The highest BCUT2D eigenvalue weighted by molar-refractivity contribution is 5.76. The lowest BCUT2D eigenvalue weighted by Crippen LogP contribution is -2.24. The Morgan fingerprint density at radius 3 is 2.57 bits per heavy atom. The van der Waals surface area contributed by atoms with Gasteiger partial charge in [-0.15, -0.1) is 0 Å². The number of aromatic hydroxyl groups is 1. The van der Waals surface area contributed by atoms with Crippen LogP contribution in [-0.2, 0) is 11.3 Å². The highest BCUT2D eigenvalue weighted by atomic mass is 19.1. The molecule has 21 heavy (non-hydrogen) atoms. The van der Waals surface area contributed by atoms with Crippen molar-refractivity contribution in [3.05, 3.63) is 65.5 Å². The molecule has 4 nitrogen and oxygen atoms in total. The summed E-state index contributed by atoms with van der Waals surface area (Å²) in [6.07, 6.45) is -1.18. The summed E-state index contributed by atoms with van der Waals surface area (Å²) < 4.78 is 13.0. The van der Waals surface area contributed by atoms with Gasteiger partial charge in [0.25, 0.3) is 0 Å². The molecule has 0 aliphatic rings. The number of rotatable bonds is 5. The number of hydrogen-bond acceptors (Lipinski definition) is 3. The Balaban J connectivity index is 1.85. The SMILES string of the molecule is O=C(CC(O)c1cccc(F)c1)NCc1ccc(O)cc1. The van der Waals surface area contributed by atoms with E-state index in [0.29, 0.717) is 12.1 Å². The van der Waals surface area contributed by atoms with Crippen LogP contribution in [0.3, 0.4) is 0 Å². The summed E-state index contributed by atoms with van der Waals surface area (Å²) in [5, 5.41) is 21.7. The predicted molar refractivity (Wildman–Crippen MR) is 75.9 cm³/mol. The van der Waals surface area contributed by atoms with E-state index < -0.39 is 11.9 Å². The van der Waals surface area contributed by atoms with Crippen molar-refractivity contribution < 1.29 is 19.4 Å². The van der Waals surface area contributed by atoms with Crippen LogP contribution >= 0.6 is 0 Å². The molecule has 110 valence electrons. The molecule has 5 heteroatoms. The summed E-state index contributed by atoms with van der Waals surface area (Å²) in [6.45, 7) is 0.301. The quantitative estimate of drug-likeness (QED) is 0.791. The third-order valence-corrected chi connectivity index (χ3v) is 3.04. The van der Waals surface area contributed by atoms with Crippen molar-refractivity contribution in [2.24, 2.45) is 0 Å². The highest BCUT2D eigenvalue weighted by Gasteiger charge is 2.13. The summed E-state index contributed by atoms with van der Waals surface area (Å²) >= 11 is 0. The van der Waals surface area contributed by atoms with Gasteiger partial charge >= 0.3 is 0 Å². The van der Waals surface area contributed by atoms with Gasteiger partial charge < -0.3 is 15.5 Å². The second kappa shape index (κ2) is 6.85. The van der Waals surface area contributed by atoms with Gasteiger partial charge in [0.15, 0.2) is 0 Å². The van der Waals surface area contributed by atoms with Crippen molar-refractivity contribution in [1.82, 2.24) is 5.32 Å². The number of aliphatic hydroxyl groups is 1. The van der Waals surface area contributed by atoms with E-state index in [9.17, 15) is 14.3 Å². The standard InChI is InChI=1S/C16H16FNO3/c17-13-3-1-2-12(8-13)15(20)9-16(21)18-10-11-4-6-14(19)7-5-11/h1-8,15,19-20H,9-10H2,(H,18,21). The Labute approximate surface area is 121 Å². The molecule has 0 aliphatic heterocycles. The van der Waals surface area contributed by atoms with Gasteiger partial charge in [0.1, 0.15) is 11.6 Å². The molecule has 1 atom stereocenters. The number of aliphatic hydroxyl groups excluding tert-OH is 1. The maximum absolute atomic E-state index is 13.0. The summed E-state index contributed by atoms with van der Waals surface area (Å²) in [4.78, 5) is 11.7. The minimum atomic E-state index is -1.04. The van der Waals surface area contributed by atoms with Gasteiger partial charge in [-0.1, -0.05) is 24.3 Å². The molecular weight excluding hydrogens is 273 g/mol. The number of nitrogens with one attached hydrogen (secondary N) is 1. The van der Waals surface area contributed by atoms with Crippen LogP contribution in [0.2, 0.25) is 0 Å². The van der Waals surface area contributed by atoms with E-state index in [1.165, 1.54) is 30.3 Å². The minimum Gasteiger partial charge on any atom is -0.508 e. The maximum atomic E-state index is 13.0. The summed E-state index contributed by atoms with van der Waals surface area (Å²) in [7, 11) is 0. The fourth-order valence-corrected chi connectivity index (χ4v) is 1.89. The number of carbonyl (C=O) groups excluding carboxylic acids is 1. The van der Waals surface area contributed by atoms with Crippen molar-refractivity contribution in [3.63, 3.8) is 0 Å². The van der Waals surface area contributed by atoms with E-state index >= 15 is 0 Å². The zero-order valence-electron chi connectivity index (χ0n) is 11.3. The molecule has 0 bridgehead atoms. The number of phenolic OH excluding ortho intramolecular Hbond substituents is 1. The lowest BCUT2D eigenvalue weighted by atomic mass is 10.1. The third-order valence-electron chi connectivity index (χ3n) is 3.04. The van der Waals surface area contributed by atoms with E-state index in [-0.39, 0.29) is 18.1 Å². The first-order valence-electron chi connectivity index (χ1n) is 6.53. The van der Waals surface area contributed by atoms with Crippen molar-refractivity contribution in [3.8, 4) is 5.75 Å². The molecule has 0 spiro atoms. The van der Waals surface area contributed by atoms with Gasteiger partial charge in [0, 0.05) is 6.54 Å². The number of hydrogen-bond donors (Lipinski definition) is 3. The highest BCUT2D eigenvalue weighted by Crippen LogP contribution is 2.17. The van der Waals surface area contributed by atoms with Crippen molar-refractivity contribution >= 4 is 5.91 Å². The smallest absolute Gasteiger partial charge is 0.223 e. The van der Waals surface area contributed by atoms with E-state index in [0.717, 1.165) is 5.56 Å². The number of benzene rings is 2. The number of carbonyl (C=O) groups is 1. The van der Waals surface area contributed by atoms with Crippen LogP contribution in [0.25, 0.3) is 0 Å². The average molecular weight is 289 g/mol.